The summed E-state index contributed by atoms with van der Waals surface area (Å²) < 4.78 is 10.8. The average molecular weight is 419 g/mol. The van der Waals surface area contributed by atoms with Crippen molar-refractivity contribution in [1.82, 2.24) is 25.1 Å². The van der Waals surface area contributed by atoms with E-state index in [4.69, 9.17) is 13.9 Å². The minimum atomic E-state index is 0.497. The van der Waals surface area contributed by atoms with Crippen LogP contribution in [0.2, 0.25) is 0 Å². The van der Waals surface area contributed by atoms with Gasteiger partial charge in [0.05, 0.1) is 17.2 Å². The molecule has 0 unspecified atom stereocenters. The number of hydrogen-bond acceptors (Lipinski definition) is 6. The first-order chi connectivity index (χ1) is 15.7. The Labute approximate surface area is 182 Å². The predicted octanol–water partition coefficient (Wildman–Crippen LogP) is 5.91. The number of nitrogens with one attached hydrogen (secondary N) is 1. The quantitative estimate of drug-likeness (QED) is 0.382. The van der Waals surface area contributed by atoms with Gasteiger partial charge in [0, 0.05) is 22.3 Å². The molecule has 7 nitrogen and oxygen atoms in total. The van der Waals surface area contributed by atoms with Gasteiger partial charge in [0.25, 0.3) is 5.89 Å². The van der Waals surface area contributed by atoms with E-state index in [1.54, 1.807) is 6.20 Å². The number of benzene rings is 3. The molecule has 0 saturated heterocycles. The van der Waals surface area contributed by atoms with Crippen LogP contribution in [0.25, 0.3) is 56.6 Å². The first kappa shape index (κ1) is 18.3. The monoisotopic (exact) mass is 419 g/mol. The summed E-state index contributed by atoms with van der Waals surface area (Å²) in [6.45, 7) is 2.04. The molecule has 32 heavy (non-hydrogen) atoms. The molecule has 6 aromatic rings. The Hall–Kier alpha value is -4.52. The Kier molecular flexibility index (Phi) is 4.18. The number of aromatic nitrogens is 5. The number of nitrogens with zero attached hydrogens (tertiary/aromatic N) is 4. The predicted molar refractivity (Wildman–Crippen MR) is 120 cm³/mol. The Bertz CT molecular complexity index is 1510. The molecular formula is C25H17N5O2. The van der Waals surface area contributed by atoms with Crippen molar-refractivity contribution in [2.45, 2.75) is 6.92 Å². The van der Waals surface area contributed by atoms with Crippen LogP contribution in [0.5, 0.6) is 0 Å². The molecule has 3 aromatic heterocycles. The van der Waals surface area contributed by atoms with E-state index >= 15 is 0 Å². The largest absolute Gasteiger partial charge is 0.444 e. The maximum Gasteiger partial charge on any atom is 0.258 e. The van der Waals surface area contributed by atoms with Crippen LogP contribution in [0, 0.1) is 6.92 Å². The molecule has 3 heterocycles. The third-order valence-electron chi connectivity index (χ3n) is 5.34. The van der Waals surface area contributed by atoms with Gasteiger partial charge in [-0.05, 0) is 37.3 Å². The number of hydrogen-bond donors (Lipinski definition) is 1. The van der Waals surface area contributed by atoms with Crippen LogP contribution in [0.3, 0.4) is 0 Å². The number of imidazole rings is 1. The Morgan fingerprint density at radius 3 is 2.31 bits per heavy atom. The van der Waals surface area contributed by atoms with Gasteiger partial charge in [0.1, 0.15) is 5.82 Å². The van der Waals surface area contributed by atoms with Gasteiger partial charge in [-0.3, -0.25) is 0 Å². The number of fused-ring (bicyclic) bond motifs is 1. The molecule has 0 atom stereocenters. The fourth-order valence-electron chi connectivity index (χ4n) is 3.59. The van der Waals surface area contributed by atoms with Crippen molar-refractivity contribution in [3.8, 4) is 45.6 Å². The van der Waals surface area contributed by atoms with E-state index in [0.717, 1.165) is 44.9 Å². The van der Waals surface area contributed by atoms with Crippen molar-refractivity contribution in [2.24, 2.45) is 0 Å². The zero-order valence-corrected chi connectivity index (χ0v) is 17.1. The van der Waals surface area contributed by atoms with Crippen LogP contribution in [-0.4, -0.2) is 25.1 Å². The molecule has 7 heteroatoms. The first-order valence-electron chi connectivity index (χ1n) is 10.1. The highest BCUT2D eigenvalue weighted by atomic mass is 16.5. The Balaban J connectivity index is 1.30. The van der Waals surface area contributed by atoms with Crippen LogP contribution in [0.4, 0.5) is 0 Å². The van der Waals surface area contributed by atoms with Crippen LogP contribution in [-0.2, 0) is 0 Å². The van der Waals surface area contributed by atoms with E-state index in [0.29, 0.717) is 11.7 Å². The summed E-state index contributed by atoms with van der Waals surface area (Å²) in [7, 11) is 0. The van der Waals surface area contributed by atoms with Crippen LogP contribution in [0.15, 0.2) is 88.3 Å². The fourth-order valence-corrected chi connectivity index (χ4v) is 3.59. The normalized spacial score (nSPS) is 11.3. The molecular weight excluding hydrogens is 402 g/mol. The molecule has 0 fully saturated rings. The SMILES string of the molecule is Cc1ccc(-c2nc(-c3ccc4nc(-c5ccc(-c6cnco6)cc5)[nH]c4c3)no2)cc1. The molecule has 0 amide bonds. The summed E-state index contributed by atoms with van der Waals surface area (Å²) in [5.41, 5.74) is 6.65. The molecule has 0 spiro atoms. The zero-order chi connectivity index (χ0) is 21.5. The Morgan fingerprint density at radius 2 is 1.53 bits per heavy atom. The number of oxazole rings is 1. The van der Waals surface area contributed by atoms with E-state index in [2.05, 4.69) is 20.1 Å². The highest BCUT2D eigenvalue weighted by Crippen LogP contribution is 2.28. The molecule has 0 aliphatic carbocycles. The summed E-state index contributed by atoms with van der Waals surface area (Å²) in [6, 6.07) is 21.9. The second-order valence-corrected chi connectivity index (χ2v) is 7.55. The van der Waals surface area contributed by atoms with Gasteiger partial charge in [-0.2, -0.15) is 4.98 Å². The number of aryl methyl sites for hydroxylation is 1. The number of aromatic amines is 1. The maximum atomic E-state index is 5.47. The smallest absolute Gasteiger partial charge is 0.258 e. The van der Waals surface area contributed by atoms with Crippen molar-refractivity contribution >= 4 is 11.0 Å². The minimum absolute atomic E-state index is 0.497. The minimum Gasteiger partial charge on any atom is -0.444 e. The average Bonchev–Trinajstić information content (AvgIpc) is 3.60. The summed E-state index contributed by atoms with van der Waals surface area (Å²) >= 11 is 0. The van der Waals surface area contributed by atoms with Gasteiger partial charge >= 0.3 is 0 Å². The van der Waals surface area contributed by atoms with Crippen molar-refractivity contribution in [1.29, 1.82) is 0 Å². The highest BCUT2D eigenvalue weighted by Gasteiger charge is 2.13. The van der Waals surface area contributed by atoms with Gasteiger partial charge in [0.15, 0.2) is 12.2 Å². The number of H-pyrrole nitrogens is 1. The van der Waals surface area contributed by atoms with E-state index in [1.165, 1.54) is 12.0 Å². The van der Waals surface area contributed by atoms with Crippen LogP contribution >= 0.6 is 0 Å². The van der Waals surface area contributed by atoms with Gasteiger partial charge in [-0.15, -0.1) is 0 Å². The van der Waals surface area contributed by atoms with Gasteiger partial charge < -0.3 is 13.9 Å². The van der Waals surface area contributed by atoms with Gasteiger partial charge in [0.2, 0.25) is 5.82 Å². The zero-order valence-electron chi connectivity index (χ0n) is 17.1. The lowest BCUT2D eigenvalue weighted by atomic mass is 10.1. The molecule has 0 aliphatic rings. The first-order valence-corrected chi connectivity index (χ1v) is 10.1. The van der Waals surface area contributed by atoms with Crippen molar-refractivity contribution < 1.29 is 8.94 Å². The number of rotatable bonds is 4. The summed E-state index contributed by atoms with van der Waals surface area (Å²) in [4.78, 5) is 16.6. The summed E-state index contributed by atoms with van der Waals surface area (Å²) in [6.07, 6.45) is 3.12. The van der Waals surface area contributed by atoms with E-state index in [9.17, 15) is 0 Å². The topological polar surface area (TPSA) is 93.6 Å². The summed E-state index contributed by atoms with van der Waals surface area (Å²) in [5.74, 6) is 2.55. The van der Waals surface area contributed by atoms with Crippen molar-refractivity contribution in [3.63, 3.8) is 0 Å². The fraction of sp³-hybridized carbons (Fsp3) is 0.0400. The van der Waals surface area contributed by atoms with E-state index < -0.39 is 0 Å². The molecule has 154 valence electrons. The van der Waals surface area contributed by atoms with Gasteiger partial charge in [-0.1, -0.05) is 47.1 Å². The highest BCUT2D eigenvalue weighted by molar-refractivity contribution is 5.83. The second kappa shape index (κ2) is 7.31. The molecule has 0 bridgehead atoms. The molecule has 6 rings (SSSR count). The summed E-state index contributed by atoms with van der Waals surface area (Å²) in [5, 5.41) is 4.16. The standard InChI is InChI=1S/C25H17N5O2/c1-15-2-4-18(5-3-15)25-29-24(30-32-25)19-10-11-20-21(12-19)28-23(27-20)17-8-6-16(7-9-17)22-13-26-14-31-22/h2-14H,1H3,(H,27,28). The molecule has 0 aliphatic heterocycles. The molecule has 1 N–H and O–H groups in total. The van der Waals surface area contributed by atoms with E-state index in [1.807, 2.05) is 73.7 Å². The van der Waals surface area contributed by atoms with Crippen molar-refractivity contribution in [3.05, 3.63) is 84.9 Å². The van der Waals surface area contributed by atoms with E-state index in [-0.39, 0.29) is 0 Å². The van der Waals surface area contributed by atoms with Gasteiger partial charge in [-0.25, -0.2) is 9.97 Å². The molecule has 3 aromatic carbocycles. The van der Waals surface area contributed by atoms with Crippen LogP contribution in [0.1, 0.15) is 5.56 Å². The lowest BCUT2D eigenvalue weighted by molar-refractivity contribution is 0.432. The lowest BCUT2D eigenvalue weighted by Crippen LogP contribution is -1.82. The third kappa shape index (κ3) is 3.26. The molecule has 0 radical (unpaired) electrons. The second-order valence-electron chi connectivity index (χ2n) is 7.55. The Morgan fingerprint density at radius 1 is 0.781 bits per heavy atom. The maximum absolute atomic E-state index is 5.47. The van der Waals surface area contributed by atoms with Crippen molar-refractivity contribution in [2.75, 3.05) is 0 Å². The third-order valence-corrected chi connectivity index (χ3v) is 5.34. The lowest BCUT2D eigenvalue weighted by Gasteiger charge is -1.99. The molecule has 0 saturated carbocycles. The van der Waals surface area contributed by atoms with Crippen LogP contribution < -0.4 is 0 Å².